The summed E-state index contributed by atoms with van der Waals surface area (Å²) in [4.78, 5) is 14.0. The Balaban J connectivity index is 1.50. The molecule has 2 fully saturated rings. The number of benzene rings is 2. The summed E-state index contributed by atoms with van der Waals surface area (Å²) in [5.74, 6) is -0.303. The van der Waals surface area contributed by atoms with E-state index in [9.17, 15) is 13.2 Å². The Morgan fingerprint density at radius 3 is 2.46 bits per heavy atom. The number of amides is 1. The van der Waals surface area contributed by atoms with Gasteiger partial charge in [0.25, 0.3) is 5.91 Å². The van der Waals surface area contributed by atoms with E-state index in [2.05, 4.69) is 10.0 Å². The summed E-state index contributed by atoms with van der Waals surface area (Å²) in [6.45, 7) is 0. The monoisotopic (exact) mass is 416 g/mol. The van der Waals surface area contributed by atoms with Crippen molar-refractivity contribution < 1.29 is 13.2 Å². The molecule has 0 aliphatic heterocycles. The number of rotatable bonds is 7. The van der Waals surface area contributed by atoms with Crippen LogP contribution in [0.15, 0.2) is 58.3 Å². The molecule has 2 aromatic rings. The van der Waals surface area contributed by atoms with Crippen LogP contribution in [0.5, 0.6) is 0 Å². The zero-order valence-electron chi connectivity index (χ0n) is 15.6. The zero-order chi connectivity index (χ0) is 19.6. The third-order valence-electron chi connectivity index (χ3n) is 5.04. The number of sulfonamides is 1. The second-order valence-corrected chi connectivity index (χ2v) is 10.5. The van der Waals surface area contributed by atoms with Crippen molar-refractivity contribution in [1.29, 1.82) is 0 Å². The predicted molar refractivity (Wildman–Crippen MR) is 112 cm³/mol. The second-order valence-electron chi connectivity index (χ2n) is 7.40. The van der Waals surface area contributed by atoms with Crippen molar-refractivity contribution in [3.05, 3.63) is 54.1 Å². The number of carbonyl (C=O) groups is 1. The number of hydrogen-bond acceptors (Lipinski definition) is 4. The molecule has 2 aromatic carbocycles. The molecule has 0 radical (unpaired) electrons. The highest BCUT2D eigenvalue weighted by molar-refractivity contribution is 8.00. The fraction of sp³-hybridized carbons (Fsp3) is 0.381. The number of nitrogens with one attached hydrogen (secondary N) is 2. The summed E-state index contributed by atoms with van der Waals surface area (Å²) in [5, 5.41) is 3.55. The lowest BCUT2D eigenvalue weighted by Crippen LogP contribution is -2.26. The van der Waals surface area contributed by atoms with Crippen molar-refractivity contribution in [2.75, 3.05) is 5.32 Å². The smallest absolute Gasteiger partial charge is 0.255 e. The van der Waals surface area contributed by atoms with Gasteiger partial charge in [0.05, 0.1) is 10.6 Å². The average Bonchev–Trinajstić information content (AvgIpc) is 3.34. The Bertz CT molecular complexity index is 965. The van der Waals surface area contributed by atoms with Gasteiger partial charge in [-0.05, 0) is 56.0 Å². The molecule has 28 heavy (non-hydrogen) atoms. The Kier molecular flexibility index (Phi) is 5.75. The molecule has 0 saturated heterocycles. The molecule has 1 amide bonds. The van der Waals surface area contributed by atoms with Gasteiger partial charge in [0.15, 0.2) is 0 Å². The van der Waals surface area contributed by atoms with Crippen LogP contribution in [0.25, 0.3) is 0 Å². The fourth-order valence-electron chi connectivity index (χ4n) is 3.35. The highest BCUT2D eigenvalue weighted by Crippen LogP contribution is 2.38. The summed E-state index contributed by atoms with van der Waals surface area (Å²) >= 11 is 1.82. The van der Waals surface area contributed by atoms with E-state index in [-0.39, 0.29) is 16.8 Å². The summed E-state index contributed by atoms with van der Waals surface area (Å²) in [7, 11) is -3.58. The maximum Gasteiger partial charge on any atom is 0.255 e. The van der Waals surface area contributed by atoms with Crippen molar-refractivity contribution >= 4 is 33.4 Å². The highest BCUT2D eigenvalue weighted by atomic mass is 32.2. The van der Waals surface area contributed by atoms with Gasteiger partial charge in [0, 0.05) is 21.8 Å². The Morgan fingerprint density at radius 2 is 1.71 bits per heavy atom. The molecule has 0 spiro atoms. The molecule has 0 bridgehead atoms. The lowest BCUT2D eigenvalue weighted by Gasteiger charge is -2.14. The SMILES string of the molecule is O=C(Nc1ccccc1SC1CCCC1)c1cccc(S(=O)(=O)NC2CC2)c1. The van der Waals surface area contributed by atoms with Crippen LogP contribution >= 0.6 is 11.8 Å². The van der Waals surface area contributed by atoms with E-state index < -0.39 is 10.0 Å². The van der Waals surface area contributed by atoms with Crippen molar-refractivity contribution in [3.63, 3.8) is 0 Å². The van der Waals surface area contributed by atoms with Crippen LogP contribution in [0.2, 0.25) is 0 Å². The molecule has 4 rings (SSSR count). The Labute approximate surface area is 170 Å². The van der Waals surface area contributed by atoms with Crippen molar-refractivity contribution in [3.8, 4) is 0 Å². The maximum absolute atomic E-state index is 12.8. The number of thioether (sulfide) groups is 1. The molecule has 0 atom stereocenters. The Hall–Kier alpha value is -1.83. The van der Waals surface area contributed by atoms with Gasteiger partial charge < -0.3 is 5.32 Å². The molecule has 2 aliphatic rings. The number of anilines is 1. The first-order valence-electron chi connectivity index (χ1n) is 9.71. The number of carbonyl (C=O) groups excluding carboxylic acids is 1. The first-order valence-corrected chi connectivity index (χ1v) is 12.1. The molecule has 5 nitrogen and oxygen atoms in total. The van der Waals surface area contributed by atoms with Crippen LogP contribution in [0, 0.1) is 0 Å². The molecule has 2 saturated carbocycles. The van der Waals surface area contributed by atoms with Gasteiger partial charge in [-0.25, -0.2) is 13.1 Å². The predicted octanol–water partition coefficient (Wildman–Crippen LogP) is 4.41. The fourth-order valence-corrected chi connectivity index (χ4v) is 6.03. The minimum Gasteiger partial charge on any atom is -0.321 e. The Morgan fingerprint density at radius 1 is 0.964 bits per heavy atom. The molecular weight excluding hydrogens is 392 g/mol. The maximum atomic E-state index is 12.8. The largest absolute Gasteiger partial charge is 0.321 e. The third-order valence-corrected chi connectivity index (χ3v) is 7.97. The van der Waals surface area contributed by atoms with Gasteiger partial charge in [0.1, 0.15) is 0 Å². The standard InChI is InChI=1S/C21H24N2O3S2/c24-21(15-6-5-9-18(14-15)28(25,26)23-16-12-13-16)22-19-10-3-4-11-20(19)27-17-7-1-2-8-17/h3-6,9-11,14,16-17,23H,1-2,7-8,12-13H2,(H,22,24). The van der Waals surface area contributed by atoms with Gasteiger partial charge in [-0.1, -0.05) is 31.0 Å². The van der Waals surface area contributed by atoms with E-state index in [1.54, 1.807) is 12.1 Å². The molecule has 148 valence electrons. The van der Waals surface area contributed by atoms with Crippen molar-refractivity contribution in [2.45, 2.75) is 59.6 Å². The van der Waals surface area contributed by atoms with Gasteiger partial charge >= 0.3 is 0 Å². The van der Waals surface area contributed by atoms with Gasteiger partial charge in [0.2, 0.25) is 10.0 Å². The average molecular weight is 417 g/mol. The molecule has 2 aliphatic carbocycles. The quantitative estimate of drug-likeness (QED) is 0.701. The third kappa shape index (κ3) is 4.77. The molecular formula is C21H24N2O3S2. The first-order chi connectivity index (χ1) is 13.5. The van der Waals surface area contributed by atoms with Crippen molar-refractivity contribution in [1.82, 2.24) is 4.72 Å². The summed E-state index contributed by atoms with van der Waals surface area (Å²) in [6, 6.07) is 14.0. The summed E-state index contributed by atoms with van der Waals surface area (Å²) in [5.41, 5.74) is 1.10. The molecule has 0 unspecified atom stereocenters. The summed E-state index contributed by atoms with van der Waals surface area (Å²) < 4.78 is 27.5. The van der Waals surface area contributed by atoms with Crippen LogP contribution in [0.3, 0.4) is 0 Å². The number of para-hydroxylation sites is 1. The molecule has 0 aromatic heterocycles. The minimum atomic E-state index is -3.58. The molecule has 7 heteroatoms. The van der Waals surface area contributed by atoms with E-state index in [0.29, 0.717) is 10.8 Å². The van der Waals surface area contributed by atoms with E-state index >= 15 is 0 Å². The van der Waals surface area contributed by atoms with Crippen LogP contribution in [0.4, 0.5) is 5.69 Å². The summed E-state index contributed by atoms with van der Waals surface area (Å²) in [6.07, 6.45) is 6.69. The van der Waals surface area contributed by atoms with Gasteiger partial charge in [-0.3, -0.25) is 4.79 Å². The first kappa shape index (κ1) is 19.5. The van der Waals surface area contributed by atoms with Crippen LogP contribution < -0.4 is 10.0 Å². The lowest BCUT2D eigenvalue weighted by molar-refractivity contribution is 0.102. The van der Waals surface area contributed by atoms with Crippen LogP contribution in [-0.4, -0.2) is 25.6 Å². The lowest BCUT2D eigenvalue weighted by atomic mass is 10.2. The van der Waals surface area contributed by atoms with Gasteiger partial charge in [-0.15, -0.1) is 11.8 Å². The van der Waals surface area contributed by atoms with E-state index in [1.807, 2.05) is 36.0 Å². The van der Waals surface area contributed by atoms with E-state index in [4.69, 9.17) is 0 Å². The zero-order valence-corrected chi connectivity index (χ0v) is 17.2. The minimum absolute atomic E-state index is 0.0296. The second kappa shape index (κ2) is 8.27. The van der Waals surface area contributed by atoms with Crippen LogP contribution in [0.1, 0.15) is 48.9 Å². The molecule has 0 heterocycles. The molecule has 2 N–H and O–H groups in total. The van der Waals surface area contributed by atoms with E-state index in [1.165, 1.54) is 37.8 Å². The number of hydrogen-bond donors (Lipinski definition) is 2. The highest BCUT2D eigenvalue weighted by Gasteiger charge is 2.28. The van der Waals surface area contributed by atoms with E-state index in [0.717, 1.165) is 23.4 Å². The topological polar surface area (TPSA) is 75.3 Å². The normalized spacial score (nSPS) is 17.6. The van der Waals surface area contributed by atoms with Gasteiger partial charge in [-0.2, -0.15) is 0 Å². The van der Waals surface area contributed by atoms with Crippen LogP contribution in [-0.2, 0) is 10.0 Å². The van der Waals surface area contributed by atoms with Crippen molar-refractivity contribution in [2.24, 2.45) is 0 Å².